The van der Waals surface area contributed by atoms with Crippen molar-refractivity contribution in [2.45, 2.75) is 20.5 Å². The molecule has 0 unspecified atom stereocenters. The fraction of sp³-hybridized carbons (Fsp3) is 0.273. The Bertz CT molecular complexity index is 416. The number of aliphatic hydroxyl groups excluding tert-OH is 1. The first kappa shape index (κ1) is 12.2. The maximum Gasteiger partial charge on any atom is 0.221 e. The minimum absolute atomic E-state index is 0.171. The Hall–Kier alpha value is -1.88. The molecule has 5 nitrogen and oxygen atoms in total. The maximum atomic E-state index is 10.9. The van der Waals surface area contributed by atoms with Gasteiger partial charge in [-0.1, -0.05) is 6.07 Å². The molecule has 5 heteroatoms. The lowest BCUT2D eigenvalue weighted by atomic mass is 10.1. The molecule has 1 aromatic rings. The molecule has 0 aliphatic heterocycles. The summed E-state index contributed by atoms with van der Waals surface area (Å²) in [7, 11) is 0. The van der Waals surface area contributed by atoms with E-state index in [1.54, 1.807) is 18.2 Å². The highest BCUT2D eigenvalue weighted by atomic mass is 16.3. The van der Waals surface area contributed by atoms with Crippen molar-refractivity contribution in [2.24, 2.45) is 0 Å². The van der Waals surface area contributed by atoms with Crippen molar-refractivity contribution >= 4 is 23.2 Å². The van der Waals surface area contributed by atoms with Crippen LogP contribution in [0.4, 0.5) is 11.4 Å². The first-order chi connectivity index (χ1) is 7.52. The number of hydrogen-bond donors (Lipinski definition) is 3. The van der Waals surface area contributed by atoms with Crippen LogP contribution in [0.1, 0.15) is 19.4 Å². The molecule has 3 N–H and O–H groups in total. The molecule has 0 saturated carbocycles. The number of benzene rings is 1. The van der Waals surface area contributed by atoms with Gasteiger partial charge in [0.25, 0.3) is 0 Å². The third-order valence-electron chi connectivity index (χ3n) is 1.91. The third-order valence-corrected chi connectivity index (χ3v) is 1.91. The molecule has 16 heavy (non-hydrogen) atoms. The van der Waals surface area contributed by atoms with Gasteiger partial charge in [0.15, 0.2) is 0 Å². The van der Waals surface area contributed by atoms with Gasteiger partial charge in [0, 0.05) is 30.8 Å². The zero-order chi connectivity index (χ0) is 12.1. The Labute approximate surface area is 93.5 Å². The SMILES string of the molecule is CC(=O)Nc1ccc(CO)c(NC(C)=O)c1. The molecule has 2 amide bonds. The van der Waals surface area contributed by atoms with Crippen LogP contribution in [-0.2, 0) is 16.2 Å². The van der Waals surface area contributed by atoms with Gasteiger partial charge in [-0.15, -0.1) is 0 Å². The number of anilines is 2. The minimum Gasteiger partial charge on any atom is -0.392 e. The van der Waals surface area contributed by atoms with Gasteiger partial charge in [0.2, 0.25) is 11.8 Å². The van der Waals surface area contributed by atoms with Crippen LogP contribution in [0.25, 0.3) is 0 Å². The van der Waals surface area contributed by atoms with Crippen molar-refractivity contribution in [3.63, 3.8) is 0 Å². The summed E-state index contributed by atoms with van der Waals surface area (Å²) < 4.78 is 0. The summed E-state index contributed by atoms with van der Waals surface area (Å²) >= 11 is 0. The van der Waals surface area contributed by atoms with Crippen LogP contribution in [-0.4, -0.2) is 16.9 Å². The van der Waals surface area contributed by atoms with Crippen LogP contribution in [0.5, 0.6) is 0 Å². The van der Waals surface area contributed by atoms with Crippen molar-refractivity contribution in [1.29, 1.82) is 0 Å². The third kappa shape index (κ3) is 3.36. The van der Waals surface area contributed by atoms with E-state index in [-0.39, 0.29) is 18.4 Å². The van der Waals surface area contributed by atoms with E-state index in [1.165, 1.54) is 13.8 Å². The summed E-state index contributed by atoms with van der Waals surface area (Å²) in [6, 6.07) is 4.92. The Morgan fingerprint density at radius 3 is 2.31 bits per heavy atom. The van der Waals surface area contributed by atoms with E-state index in [9.17, 15) is 9.59 Å². The second kappa shape index (κ2) is 5.27. The quantitative estimate of drug-likeness (QED) is 0.716. The lowest BCUT2D eigenvalue weighted by Crippen LogP contribution is -2.10. The van der Waals surface area contributed by atoms with Crippen LogP contribution in [0.2, 0.25) is 0 Å². The number of hydrogen-bond acceptors (Lipinski definition) is 3. The summed E-state index contributed by atoms with van der Waals surface area (Å²) in [5.74, 6) is -0.416. The van der Waals surface area contributed by atoms with Gasteiger partial charge in [-0.05, 0) is 12.1 Å². The summed E-state index contributed by atoms with van der Waals surface area (Å²) in [5, 5.41) is 14.3. The van der Waals surface area contributed by atoms with E-state index >= 15 is 0 Å². The lowest BCUT2D eigenvalue weighted by Gasteiger charge is -2.10. The minimum atomic E-state index is -0.227. The number of rotatable bonds is 3. The van der Waals surface area contributed by atoms with Gasteiger partial charge in [0.05, 0.1) is 6.61 Å². The highest BCUT2D eigenvalue weighted by Gasteiger charge is 2.05. The van der Waals surface area contributed by atoms with Crippen molar-refractivity contribution in [2.75, 3.05) is 10.6 Å². The van der Waals surface area contributed by atoms with E-state index in [1.807, 2.05) is 0 Å². The monoisotopic (exact) mass is 222 g/mol. The van der Waals surface area contributed by atoms with Gasteiger partial charge < -0.3 is 15.7 Å². The molecule has 0 heterocycles. The molecule has 0 aliphatic carbocycles. The molecule has 0 aromatic heterocycles. The molecule has 0 aliphatic rings. The van der Waals surface area contributed by atoms with Crippen LogP contribution >= 0.6 is 0 Å². The molecular weight excluding hydrogens is 208 g/mol. The molecule has 86 valence electrons. The second-order valence-corrected chi connectivity index (χ2v) is 3.39. The molecule has 0 spiro atoms. The Balaban J connectivity index is 3.00. The fourth-order valence-electron chi connectivity index (χ4n) is 1.30. The van der Waals surface area contributed by atoms with Gasteiger partial charge in [0.1, 0.15) is 0 Å². The van der Waals surface area contributed by atoms with Gasteiger partial charge in [-0.25, -0.2) is 0 Å². The molecule has 1 aromatic carbocycles. The first-order valence-electron chi connectivity index (χ1n) is 4.82. The van der Waals surface area contributed by atoms with Crippen molar-refractivity contribution in [3.05, 3.63) is 23.8 Å². The van der Waals surface area contributed by atoms with Gasteiger partial charge >= 0.3 is 0 Å². The summed E-state index contributed by atoms with van der Waals surface area (Å²) in [4.78, 5) is 21.8. The van der Waals surface area contributed by atoms with E-state index < -0.39 is 0 Å². The van der Waals surface area contributed by atoms with E-state index in [2.05, 4.69) is 10.6 Å². The largest absolute Gasteiger partial charge is 0.392 e. The van der Waals surface area contributed by atoms with Crippen LogP contribution < -0.4 is 10.6 Å². The predicted molar refractivity (Wildman–Crippen MR) is 61.0 cm³/mol. The molecule has 0 bridgehead atoms. The molecule has 0 atom stereocenters. The number of amides is 2. The topological polar surface area (TPSA) is 78.4 Å². The zero-order valence-corrected chi connectivity index (χ0v) is 9.20. The first-order valence-corrected chi connectivity index (χ1v) is 4.82. The normalized spacial score (nSPS) is 9.69. The molecule has 0 saturated heterocycles. The van der Waals surface area contributed by atoms with Crippen LogP contribution in [0, 0.1) is 0 Å². The second-order valence-electron chi connectivity index (χ2n) is 3.39. The van der Waals surface area contributed by atoms with Crippen molar-refractivity contribution in [3.8, 4) is 0 Å². The summed E-state index contributed by atoms with van der Waals surface area (Å²) in [5.41, 5.74) is 1.68. The van der Waals surface area contributed by atoms with Crippen LogP contribution in [0.3, 0.4) is 0 Å². The highest BCUT2D eigenvalue weighted by molar-refractivity contribution is 5.93. The average molecular weight is 222 g/mol. The van der Waals surface area contributed by atoms with Crippen molar-refractivity contribution < 1.29 is 14.7 Å². The Morgan fingerprint density at radius 1 is 1.19 bits per heavy atom. The summed E-state index contributed by atoms with van der Waals surface area (Å²) in [6.07, 6.45) is 0. The molecule has 1 rings (SSSR count). The molecular formula is C11H14N2O3. The summed E-state index contributed by atoms with van der Waals surface area (Å²) in [6.45, 7) is 2.61. The van der Waals surface area contributed by atoms with Gasteiger partial charge in [-0.2, -0.15) is 0 Å². The standard InChI is InChI=1S/C11H14N2O3/c1-7(15)12-10-4-3-9(6-14)11(5-10)13-8(2)16/h3-5,14H,6H2,1-2H3,(H,12,15)(H,13,16). The average Bonchev–Trinajstić information content (AvgIpc) is 2.16. The molecule has 0 radical (unpaired) electrons. The predicted octanol–water partition coefficient (Wildman–Crippen LogP) is 1.10. The fourth-order valence-corrected chi connectivity index (χ4v) is 1.30. The van der Waals surface area contributed by atoms with E-state index in [0.29, 0.717) is 16.9 Å². The van der Waals surface area contributed by atoms with Crippen LogP contribution in [0.15, 0.2) is 18.2 Å². The maximum absolute atomic E-state index is 10.9. The molecule has 0 fully saturated rings. The lowest BCUT2D eigenvalue weighted by molar-refractivity contribution is -0.115. The number of carbonyl (C=O) groups excluding carboxylic acids is 2. The number of carbonyl (C=O) groups is 2. The van der Waals surface area contributed by atoms with Crippen molar-refractivity contribution in [1.82, 2.24) is 0 Å². The van der Waals surface area contributed by atoms with Gasteiger partial charge in [-0.3, -0.25) is 9.59 Å². The highest BCUT2D eigenvalue weighted by Crippen LogP contribution is 2.21. The van der Waals surface area contributed by atoms with E-state index in [4.69, 9.17) is 5.11 Å². The Kier molecular flexibility index (Phi) is 4.02. The number of aliphatic hydroxyl groups is 1. The Morgan fingerprint density at radius 2 is 1.81 bits per heavy atom. The smallest absolute Gasteiger partial charge is 0.221 e. The number of nitrogens with one attached hydrogen (secondary N) is 2. The zero-order valence-electron chi connectivity index (χ0n) is 9.20. The van der Waals surface area contributed by atoms with E-state index in [0.717, 1.165) is 0 Å².